The summed E-state index contributed by atoms with van der Waals surface area (Å²) in [4.78, 5) is 6.83. The lowest BCUT2D eigenvalue weighted by molar-refractivity contribution is 0.327. The molecular formula is C11H16Cl2N2. The monoisotopic (exact) mass is 246 g/mol. The van der Waals surface area contributed by atoms with E-state index in [0.29, 0.717) is 5.88 Å². The van der Waals surface area contributed by atoms with E-state index in [4.69, 9.17) is 11.6 Å². The Morgan fingerprint density at radius 3 is 2.53 bits per heavy atom. The summed E-state index contributed by atoms with van der Waals surface area (Å²) >= 11 is 5.70. The van der Waals surface area contributed by atoms with E-state index in [1.807, 2.05) is 6.20 Å². The van der Waals surface area contributed by atoms with Crippen molar-refractivity contribution >= 4 is 24.0 Å². The normalized spacial score (nSPS) is 16.3. The topological polar surface area (TPSA) is 16.1 Å². The second-order valence-electron chi connectivity index (χ2n) is 3.77. The summed E-state index contributed by atoms with van der Waals surface area (Å²) < 4.78 is 0. The van der Waals surface area contributed by atoms with Gasteiger partial charge < -0.3 is 0 Å². The highest BCUT2D eigenvalue weighted by Gasteiger charge is 2.11. The van der Waals surface area contributed by atoms with Gasteiger partial charge in [-0.05, 0) is 37.6 Å². The summed E-state index contributed by atoms with van der Waals surface area (Å²) in [6.07, 6.45) is 4.54. The highest BCUT2D eigenvalue weighted by Crippen LogP contribution is 2.11. The first-order chi connectivity index (χ1) is 6.88. The molecule has 2 heterocycles. The van der Waals surface area contributed by atoms with Crippen LogP contribution in [0.25, 0.3) is 0 Å². The quantitative estimate of drug-likeness (QED) is 0.763. The van der Waals surface area contributed by atoms with Crippen molar-refractivity contribution in [2.24, 2.45) is 0 Å². The van der Waals surface area contributed by atoms with Crippen LogP contribution in [0.5, 0.6) is 0 Å². The zero-order valence-corrected chi connectivity index (χ0v) is 10.2. The Balaban J connectivity index is 0.00000112. The highest BCUT2D eigenvalue weighted by molar-refractivity contribution is 6.17. The summed E-state index contributed by atoms with van der Waals surface area (Å²) in [5, 5.41) is 0. The van der Waals surface area contributed by atoms with Crippen LogP contribution in [-0.4, -0.2) is 23.0 Å². The Morgan fingerprint density at radius 2 is 2.00 bits per heavy atom. The average molecular weight is 247 g/mol. The fourth-order valence-corrected chi connectivity index (χ4v) is 1.96. The van der Waals surface area contributed by atoms with Crippen LogP contribution in [0.2, 0.25) is 0 Å². The molecule has 15 heavy (non-hydrogen) atoms. The van der Waals surface area contributed by atoms with Crippen molar-refractivity contribution in [1.82, 2.24) is 9.88 Å². The molecule has 1 saturated heterocycles. The fourth-order valence-electron chi connectivity index (χ4n) is 1.80. The molecule has 0 atom stereocenters. The third-order valence-corrected chi connectivity index (χ3v) is 2.93. The molecule has 2 nitrogen and oxygen atoms in total. The highest BCUT2D eigenvalue weighted by atomic mass is 35.5. The molecule has 0 bridgehead atoms. The van der Waals surface area contributed by atoms with Gasteiger partial charge in [0.1, 0.15) is 0 Å². The van der Waals surface area contributed by atoms with Gasteiger partial charge in [-0.2, -0.15) is 0 Å². The van der Waals surface area contributed by atoms with Crippen molar-refractivity contribution in [3.05, 3.63) is 29.6 Å². The molecule has 0 radical (unpaired) electrons. The van der Waals surface area contributed by atoms with Crippen LogP contribution in [-0.2, 0) is 12.4 Å². The number of likely N-dealkylation sites (tertiary alicyclic amines) is 1. The van der Waals surface area contributed by atoms with E-state index in [1.54, 1.807) is 0 Å². The summed E-state index contributed by atoms with van der Waals surface area (Å²) in [5.41, 5.74) is 2.25. The van der Waals surface area contributed by atoms with E-state index >= 15 is 0 Å². The second-order valence-corrected chi connectivity index (χ2v) is 4.04. The molecule has 1 aliphatic rings. The van der Waals surface area contributed by atoms with Gasteiger partial charge >= 0.3 is 0 Å². The van der Waals surface area contributed by atoms with E-state index in [0.717, 1.165) is 17.8 Å². The maximum absolute atomic E-state index is 5.70. The first kappa shape index (κ1) is 12.8. The molecule has 0 unspecified atom stereocenters. The van der Waals surface area contributed by atoms with E-state index in [1.165, 1.54) is 25.9 Å². The van der Waals surface area contributed by atoms with Crippen LogP contribution >= 0.6 is 24.0 Å². The Morgan fingerprint density at radius 1 is 1.27 bits per heavy atom. The molecule has 84 valence electrons. The van der Waals surface area contributed by atoms with Crippen molar-refractivity contribution in [3.8, 4) is 0 Å². The van der Waals surface area contributed by atoms with Gasteiger partial charge in [-0.15, -0.1) is 24.0 Å². The van der Waals surface area contributed by atoms with E-state index < -0.39 is 0 Å². The van der Waals surface area contributed by atoms with Gasteiger partial charge in [-0.25, -0.2) is 0 Å². The number of hydrogen-bond acceptors (Lipinski definition) is 2. The predicted octanol–water partition coefficient (Wildman–Crippen LogP) is 2.84. The first-order valence-corrected chi connectivity index (χ1v) is 5.64. The molecule has 0 aromatic carbocycles. The third kappa shape index (κ3) is 3.63. The molecule has 0 aliphatic carbocycles. The predicted molar refractivity (Wildman–Crippen MR) is 65.6 cm³/mol. The number of rotatable bonds is 3. The molecule has 0 saturated carbocycles. The first-order valence-electron chi connectivity index (χ1n) is 5.10. The van der Waals surface area contributed by atoms with Gasteiger partial charge in [0.2, 0.25) is 0 Å². The van der Waals surface area contributed by atoms with Gasteiger partial charge in [0.05, 0.1) is 5.69 Å². The van der Waals surface area contributed by atoms with Crippen molar-refractivity contribution in [2.75, 3.05) is 13.1 Å². The van der Waals surface area contributed by atoms with Gasteiger partial charge in [0.15, 0.2) is 0 Å². The molecule has 1 aromatic rings. The summed E-state index contributed by atoms with van der Waals surface area (Å²) in [6, 6.07) is 4.14. The molecule has 0 spiro atoms. The Kier molecular flexibility index (Phi) is 5.37. The Labute approximate surface area is 102 Å². The Hall–Kier alpha value is -0.310. The standard InChI is InChI=1S/C11H15ClN2.ClH/c12-7-10-3-4-11(13-8-10)9-14-5-1-2-6-14;/h3-4,8H,1-2,5-7,9H2;1H. The second kappa shape index (κ2) is 6.31. The van der Waals surface area contributed by atoms with E-state index in [2.05, 4.69) is 22.0 Å². The zero-order valence-electron chi connectivity index (χ0n) is 8.66. The minimum atomic E-state index is 0. The maximum atomic E-state index is 5.70. The van der Waals surface area contributed by atoms with Gasteiger partial charge in [-0.3, -0.25) is 9.88 Å². The molecule has 4 heteroatoms. The Bertz CT molecular complexity index is 281. The molecule has 1 fully saturated rings. The number of hydrogen-bond donors (Lipinski definition) is 0. The van der Waals surface area contributed by atoms with Gasteiger partial charge in [0.25, 0.3) is 0 Å². The average Bonchev–Trinajstić information content (AvgIpc) is 2.72. The van der Waals surface area contributed by atoms with Crippen LogP contribution in [0.1, 0.15) is 24.1 Å². The lowest BCUT2D eigenvalue weighted by Gasteiger charge is -2.13. The van der Waals surface area contributed by atoms with Crippen LogP contribution in [0.4, 0.5) is 0 Å². The van der Waals surface area contributed by atoms with Crippen LogP contribution < -0.4 is 0 Å². The lowest BCUT2D eigenvalue weighted by Crippen LogP contribution is -2.18. The van der Waals surface area contributed by atoms with Gasteiger partial charge in [-0.1, -0.05) is 6.07 Å². The summed E-state index contributed by atoms with van der Waals surface area (Å²) in [5.74, 6) is 0.553. The van der Waals surface area contributed by atoms with Crippen molar-refractivity contribution in [3.63, 3.8) is 0 Å². The maximum Gasteiger partial charge on any atom is 0.0544 e. The van der Waals surface area contributed by atoms with Crippen LogP contribution in [0.15, 0.2) is 18.3 Å². The number of pyridine rings is 1. The molecule has 0 N–H and O–H groups in total. The van der Waals surface area contributed by atoms with Crippen molar-refractivity contribution < 1.29 is 0 Å². The van der Waals surface area contributed by atoms with Crippen molar-refractivity contribution in [1.29, 1.82) is 0 Å². The molecule has 0 amide bonds. The van der Waals surface area contributed by atoms with Crippen LogP contribution in [0.3, 0.4) is 0 Å². The third-order valence-electron chi connectivity index (χ3n) is 2.62. The fraction of sp³-hybridized carbons (Fsp3) is 0.545. The van der Waals surface area contributed by atoms with E-state index in [-0.39, 0.29) is 12.4 Å². The minimum absolute atomic E-state index is 0. The van der Waals surface area contributed by atoms with E-state index in [9.17, 15) is 0 Å². The summed E-state index contributed by atoms with van der Waals surface area (Å²) in [6.45, 7) is 3.43. The molecule has 1 aliphatic heterocycles. The molecule has 2 rings (SSSR count). The SMILES string of the molecule is Cl.ClCc1ccc(CN2CCCC2)nc1. The number of aromatic nitrogens is 1. The largest absolute Gasteiger partial charge is 0.298 e. The van der Waals surface area contributed by atoms with Gasteiger partial charge in [0, 0.05) is 18.6 Å². The molecule has 1 aromatic heterocycles. The zero-order chi connectivity index (χ0) is 9.80. The number of halogens is 2. The number of nitrogens with zero attached hydrogens (tertiary/aromatic N) is 2. The van der Waals surface area contributed by atoms with Crippen molar-refractivity contribution in [2.45, 2.75) is 25.3 Å². The minimum Gasteiger partial charge on any atom is -0.298 e. The lowest BCUT2D eigenvalue weighted by atomic mass is 10.2. The number of alkyl halides is 1. The van der Waals surface area contributed by atoms with Crippen LogP contribution in [0, 0.1) is 0 Å². The smallest absolute Gasteiger partial charge is 0.0544 e. The molecular weight excluding hydrogens is 231 g/mol. The summed E-state index contributed by atoms with van der Waals surface area (Å²) in [7, 11) is 0.